The van der Waals surface area contributed by atoms with Crippen molar-refractivity contribution in [1.29, 1.82) is 0 Å². The summed E-state index contributed by atoms with van der Waals surface area (Å²) in [7, 11) is 0. The number of furan rings is 1. The summed E-state index contributed by atoms with van der Waals surface area (Å²) in [6.07, 6.45) is 4.72. The molecule has 0 bridgehead atoms. The number of pyridine rings is 1. The van der Waals surface area contributed by atoms with Crippen LogP contribution >= 0.6 is 0 Å². The summed E-state index contributed by atoms with van der Waals surface area (Å²) in [5.41, 5.74) is 1.37. The van der Waals surface area contributed by atoms with Crippen LogP contribution in [0.3, 0.4) is 0 Å². The normalized spacial score (nSPS) is 14.2. The van der Waals surface area contributed by atoms with Crippen LogP contribution in [0.2, 0.25) is 0 Å². The summed E-state index contributed by atoms with van der Waals surface area (Å²) >= 11 is 0. The minimum absolute atomic E-state index is 0.0866. The lowest BCUT2D eigenvalue weighted by molar-refractivity contribution is 0.0526. The lowest BCUT2D eigenvalue weighted by atomic mass is 10.2. The number of hydrogen-bond donors (Lipinski definition) is 1. The number of urea groups is 1. The van der Waals surface area contributed by atoms with Crippen LogP contribution in [0.25, 0.3) is 0 Å². The van der Waals surface area contributed by atoms with Gasteiger partial charge in [0.05, 0.1) is 24.7 Å². The lowest BCUT2D eigenvalue weighted by Crippen LogP contribution is -2.51. The fourth-order valence-electron chi connectivity index (χ4n) is 2.73. The van der Waals surface area contributed by atoms with Crippen LogP contribution in [0.4, 0.5) is 10.6 Å². The van der Waals surface area contributed by atoms with Gasteiger partial charge in [0.25, 0.3) is 0 Å². The topological polar surface area (TPSA) is 87.9 Å². The molecule has 0 radical (unpaired) electrons. The number of carbonyl (C=O) groups is 2. The number of rotatable bonds is 5. The molecule has 0 spiro atoms. The van der Waals surface area contributed by atoms with E-state index in [4.69, 9.17) is 9.15 Å². The van der Waals surface area contributed by atoms with E-state index in [2.05, 4.69) is 15.2 Å². The molecule has 0 aromatic carbocycles. The van der Waals surface area contributed by atoms with Crippen LogP contribution < -0.4 is 10.2 Å². The average Bonchev–Trinajstić information content (AvgIpc) is 3.20. The van der Waals surface area contributed by atoms with Gasteiger partial charge in [0.1, 0.15) is 5.82 Å². The smallest absolute Gasteiger partial charge is 0.339 e. The maximum absolute atomic E-state index is 12.2. The summed E-state index contributed by atoms with van der Waals surface area (Å²) < 4.78 is 9.94. The predicted molar refractivity (Wildman–Crippen MR) is 94.9 cm³/mol. The Bertz CT molecular complexity index is 722. The Morgan fingerprint density at radius 2 is 2.04 bits per heavy atom. The first-order valence-corrected chi connectivity index (χ1v) is 8.59. The van der Waals surface area contributed by atoms with Crippen molar-refractivity contribution in [2.24, 2.45) is 0 Å². The van der Waals surface area contributed by atoms with Gasteiger partial charge >= 0.3 is 12.0 Å². The van der Waals surface area contributed by atoms with Crippen molar-refractivity contribution in [1.82, 2.24) is 15.2 Å². The van der Waals surface area contributed by atoms with E-state index >= 15 is 0 Å². The molecule has 2 aromatic rings. The highest BCUT2D eigenvalue weighted by Crippen LogP contribution is 2.15. The van der Waals surface area contributed by atoms with E-state index < -0.39 is 0 Å². The van der Waals surface area contributed by atoms with Gasteiger partial charge in [-0.1, -0.05) is 0 Å². The number of nitrogens with one attached hydrogen (secondary N) is 1. The van der Waals surface area contributed by atoms with Crippen molar-refractivity contribution in [3.63, 3.8) is 0 Å². The van der Waals surface area contributed by atoms with Gasteiger partial charge in [0.2, 0.25) is 0 Å². The van der Waals surface area contributed by atoms with Crippen LogP contribution in [0.1, 0.15) is 22.8 Å². The number of anilines is 1. The Hall–Kier alpha value is -3.03. The molecule has 138 valence electrons. The molecule has 0 aliphatic carbocycles. The zero-order chi connectivity index (χ0) is 18.4. The number of esters is 1. The largest absolute Gasteiger partial charge is 0.472 e. The molecule has 2 amide bonds. The standard InChI is InChI=1S/C18H22N4O4/c1-2-26-17(23)15-3-4-16(19-12-15)21-6-8-22(9-7-21)18(24)20-11-14-5-10-25-13-14/h3-5,10,12-13H,2,6-9,11H2,1H3,(H,20,24). The van der Waals surface area contributed by atoms with Crippen molar-refractivity contribution in [2.45, 2.75) is 13.5 Å². The van der Waals surface area contributed by atoms with Crippen LogP contribution in [-0.2, 0) is 11.3 Å². The first-order chi connectivity index (χ1) is 12.7. The summed E-state index contributed by atoms with van der Waals surface area (Å²) in [6, 6.07) is 5.26. The molecule has 2 aromatic heterocycles. The molecule has 1 fully saturated rings. The number of nitrogens with zero attached hydrogens (tertiary/aromatic N) is 3. The fraction of sp³-hybridized carbons (Fsp3) is 0.389. The highest BCUT2D eigenvalue weighted by Gasteiger charge is 2.22. The number of carbonyl (C=O) groups excluding carboxylic acids is 2. The summed E-state index contributed by atoms with van der Waals surface area (Å²) in [6.45, 7) is 5.15. The molecule has 0 unspecified atom stereocenters. The average molecular weight is 358 g/mol. The molecule has 1 saturated heterocycles. The van der Waals surface area contributed by atoms with E-state index in [9.17, 15) is 9.59 Å². The van der Waals surface area contributed by atoms with Crippen LogP contribution in [0.15, 0.2) is 41.3 Å². The number of hydrogen-bond acceptors (Lipinski definition) is 6. The van der Waals surface area contributed by atoms with E-state index in [0.29, 0.717) is 44.9 Å². The van der Waals surface area contributed by atoms with Crippen LogP contribution in [0, 0.1) is 0 Å². The van der Waals surface area contributed by atoms with E-state index in [1.807, 2.05) is 6.07 Å². The second-order valence-electron chi connectivity index (χ2n) is 5.89. The van der Waals surface area contributed by atoms with Gasteiger partial charge in [-0.3, -0.25) is 0 Å². The van der Waals surface area contributed by atoms with Crippen LogP contribution in [0.5, 0.6) is 0 Å². The molecule has 0 saturated carbocycles. The summed E-state index contributed by atoms with van der Waals surface area (Å²) in [5.74, 6) is 0.419. The number of amides is 2. The Kier molecular flexibility index (Phi) is 5.73. The number of piperazine rings is 1. The molecule has 1 N–H and O–H groups in total. The van der Waals surface area contributed by atoms with Gasteiger partial charge in [0, 0.05) is 44.5 Å². The minimum atomic E-state index is -0.370. The summed E-state index contributed by atoms with van der Waals surface area (Å²) in [4.78, 5) is 32.1. The maximum atomic E-state index is 12.2. The Morgan fingerprint density at radius 1 is 1.23 bits per heavy atom. The summed E-state index contributed by atoms with van der Waals surface area (Å²) in [5, 5.41) is 2.88. The van der Waals surface area contributed by atoms with Gasteiger partial charge in [-0.15, -0.1) is 0 Å². The van der Waals surface area contributed by atoms with E-state index in [0.717, 1.165) is 11.4 Å². The molecule has 8 nitrogen and oxygen atoms in total. The molecule has 1 aliphatic heterocycles. The Balaban J connectivity index is 1.48. The first-order valence-electron chi connectivity index (χ1n) is 8.59. The molecule has 3 rings (SSSR count). The van der Waals surface area contributed by atoms with Gasteiger partial charge < -0.3 is 24.3 Å². The SMILES string of the molecule is CCOC(=O)c1ccc(N2CCN(C(=O)NCc3ccoc3)CC2)nc1. The third-order valence-corrected chi connectivity index (χ3v) is 4.17. The van der Waals surface area contributed by atoms with Crippen molar-refractivity contribution in [3.05, 3.63) is 48.0 Å². The fourth-order valence-corrected chi connectivity index (χ4v) is 2.73. The number of ether oxygens (including phenoxy) is 1. The maximum Gasteiger partial charge on any atom is 0.339 e. The molecule has 0 atom stereocenters. The quantitative estimate of drug-likeness (QED) is 0.821. The van der Waals surface area contributed by atoms with Gasteiger partial charge in [-0.25, -0.2) is 14.6 Å². The Morgan fingerprint density at radius 3 is 2.65 bits per heavy atom. The van der Waals surface area contributed by atoms with E-state index in [1.165, 1.54) is 6.20 Å². The molecule has 26 heavy (non-hydrogen) atoms. The second kappa shape index (κ2) is 8.37. The Labute approximate surface area is 151 Å². The van der Waals surface area contributed by atoms with Crippen molar-refractivity contribution in [3.8, 4) is 0 Å². The molecule has 3 heterocycles. The number of aromatic nitrogens is 1. The molecular weight excluding hydrogens is 336 g/mol. The highest BCUT2D eigenvalue weighted by molar-refractivity contribution is 5.89. The van der Waals surface area contributed by atoms with E-state index in [-0.39, 0.29) is 12.0 Å². The first kappa shape index (κ1) is 17.8. The lowest BCUT2D eigenvalue weighted by Gasteiger charge is -2.35. The molecule has 8 heteroatoms. The molecular formula is C18H22N4O4. The third-order valence-electron chi connectivity index (χ3n) is 4.17. The van der Waals surface area contributed by atoms with Crippen molar-refractivity contribution in [2.75, 3.05) is 37.7 Å². The predicted octanol–water partition coefficient (Wildman–Crippen LogP) is 1.88. The second-order valence-corrected chi connectivity index (χ2v) is 5.89. The van der Waals surface area contributed by atoms with Crippen molar-refractivity contribution < 1.29 is 18.7 Å². The third kappa shape index (κ3) is 4.33. The minimum Gasteiger partial charge on any atom is -0.472 e. The van der Waals surface area contributed by atoms with Crippen LogP contribution in [-0.4, -0.2) is 54.7 Å². The van der Waals surface area contributed by atoms with E-state index in [1.54, 1.807) is 36.5 Å². The van der Waals surface area contributed by atoms with Gasteiger partial charge in [0.15, 0.2) is 0 Å². The zero-order valence-corrected chi connectivity index (χ0v) is 14.7. The molecule has 1 aliphatic rings. The monoisotopic (exact) mass is 358 g/mol. The van der Waals surface area contributed by atoms with Gasteiger partial charge in [-0.2, -0.15) is 0 Å². The van der Waals surface area contributed by atoms with Crippen molar-refractivity contribution >= 4 is 17.8 Å². The highest BCUT2D eigenvalue weighted by atomic mass is 16.5. The zero-order valence-electron chi connectivity index (χ0n) is 14.7. The van der Waals surface area contributed by atoms with Gasteiger partial charge in [-0.05, 0) is 25.1 Å².